The Kier molecular flexibility index (Phi) is 3.58. The average Bonchev–Trinajstić information content (AvgIpc) is 3.05. The zero-order valence-electron chi connectivity index (χ0n) is 11.1. The van der Waals surface area contributed by atoms with Gasteiger partial charge in [-0.25, -0.2) is 4.68 Å². The van der Waals surface area contributed by atoms with Crippen LogP contribution in [0.15, 0.2) is 39.4 Å². The van der Waals surface area contributed by atoms with Gasteiger partial charge in [-0.3, -0.25) is 0 Å². The lowest BCUT2D eigenvalue weighted by atomic mass is 10.1. The van der Waals surface area contributed by atoms with Crippen LogP contribution in [-0.2, 0) is 6.54 Å². The molecule has 2 aromatic heterocycles. The minimum absolute atomic E-state index is 0.365. The maximum atomic E-state index is 6.30. The number of hydrogen-bond donors (Lipinski definition) is 1. The fourth-order valence-electron chi connectivity index (χ4n) is 2.24. The third kappa shape index (κ3) is 2.25. The monoisotopic (exact) mass is 334 g/mol. The summed E-state index contributed by atoms with van der Waals surface area (Å²) in [6.07, 6.45) is 2.68. The van der Waals surface area contributed by atoms with Gasteiger partial charge < -0.3 is 10.2 Å². The topological polar surface area (TPSA) is 69.9 Å². The van der Waals surface area contributed by atoms with Crippen molar-refractivity contribution in [3.63, 3.8) is 0 Å². The average molecular weight is 335 g/mol. The molecular formula is C14H15BrN4O. The van der Waals surface area contributed by atoms with Gasteiger partial charge >= 0.3 is 0 Å². The molecule has 0 saturated carbocycles. The second-order valence-corrected chi connectivity index (χ2v) is 5.52. The van der Waals surface area contributed by atoms with Crippen molar-refractivity contribution in [2.45, 2.75) is 25.9 Å². The molecule has 0 bridgehead atoms. The first-order valence-electron chi connectivity index (χ1n) is 6.52. The van der Waals surface area contributed by atoms with E-state index in [0.717, 1.165) is 34.1 Å². The molecule has 20 heavy (non-hydrogen) atoms. The Bertz CT molecular complexity index is 734. The Morgan fingerprint density at radius 1 is 1.45 bits per heavy atom. The molecule has 5 nitrogen and oxygen atoms in total. The lowest BCUT2D eigenvalue weighted by molar-refractivity contribution is 0.488. The van der Waals surface area contributed by atoms with Crippen LogP contribution >= 0.6 is 15.9 Å². The quantitative estimate of drug-likeness (QED) is 0.795. The van der Waals surface area contributed by atoms with Crippen molar-refractivity contribution in [3.8, 4) is 0 Å². The van der Waals surface area contributed by atoms with Gasteiger partial charge in [0, 0.05) is 11.9 Å². The molecule has 0 amide bonds. The molecule has 0 radical (unpaired) electrons. The van der Waals surface area contributed by atoms with Crippen LogP contribution in [0.3, 0.4) is 0 Å². The highest BCUT2D eigenvalue weighted by Crippen LogP contribution is 2.30. The molecule has 2 heterocycles. The smallest absolute Gasteiger partial charge is 0.148 e. The van der Waals surface area contributed by atoms with Gasteiger partial charge in [-0.05, 0) is 34.5 Å². The molecule has 3 aromatic rings. The number of halogens is 1. The van der Waals surface area contributed by atoms with E-state index < -0.39 is 0 Å². The summed E-state index contributed by atoms with van der Waals surface area (Å²) in [5.74, 6) is 0.714. The molecule has 1 unspecified atom stereocenters. The van der Waals surface area contributed by atoms with E-state index in [-0.39, 0.29) is 6.04 Å². The summed E-state index contributed by atoms with van der Waals surface area (Å²) in [5, 5.41) is 9.03. The molecule has 0 aliphatic rings. The molecule has 0 spiro atoms. The van der Waals surface area contributed by atoms with E-state index in [1.807, 2.05) is 28.9 Å². The van der Waals surface area contributed by atoms with Crippen LogP contribution < -0.4 is 5.73 Å². The van der Waals surface area contributed by atoms with Gasteiger partial charge in [0.1, 0.15) is 17.4 Å². The van der Waals surface area contributed by atoms with E-state index in [0.29, 0.717) is 5.76 Å². The first kappa shape index (κ1) is 13.3. The fourth-order valence-corrected chi connectivity index (χ4v) is 2.70. The van der Waals surface area contributed by atoms with Crippen LogP contribution in [0.5, 0.6) is 0 Å². The van der Waals surface area contributed by atoms with Gasteiger partial charge in [0.2, 0.25) is 0 Å². The number of rotatable bonds is 4. The SMILES string of the molecule is CCCn1nncc1C(N)c1cc2cccc(Br)c2o1. The summed E-state index contributed by atoms with van der Waals surface area (Å²) in [7, 11) is 0. The first-order chi connectivity index (χ1) is 9.70. The Morgan fingerprint density at radius 2 is 2.30 bits per heavy atom. The van der Waals surface area contributed by atoms with Crippen LogP contribution in [0.4, 0.5) is 0 Å². The summed E-state index contributed by atoms with van der Waals surface area (Å²) < 4.78 is 8.63. The zero-order valence-corrected chi connectivity index (χ0v) is 12.7. The Balaban J connectivity index is 2.01. The van der Waals surface area contributed by atoms with Crippen molar-refractivity contribution in [2.75, 3.05) is 0 Å². The van der Waals surface area contributed by atoms with Crippen LogP contribution in [0.1, 0.15) is 30.8 Å². The lowest BCUT2D eigenvalue weighted by Crippen LogP contribution is -2.17. The van der Waals surface area contributed by atoms with Crippen LogP contribution in [0, 0.1) is 0 Å². The molecule has 104 valence electrons. The van der Waals surface area contributed by atoms with Gasteiger partial charge in [-0.15, -0.1) is 5.10 Å². The summed E-state index contributed by atoms with van der Waals surface area (Å²) in [5.41, 5.74) is 7.97. The van der Waals surface area contributed by atoms with Gasteiger partial charge in [0.05, 0.1) is 16.4 Å². The van der Waals surface area contributed by atoms with Gasteiger partial charge in [0.15, 0.2) is 0 Å². The van der Waals surface area contributed by atoms with Crippen LogP contribution in [0.25, 0.3) is 11.0 Å². The third-order valence-electron chi connectivity index (χ3n) is 3.22. The fraction of sp³-hybridized carbons (Fsp3) is 0.286. The number of hydrogen-bond acceptors (Lipinski definition) is 4. The molecule has 0 fully saturated rings. The minimum atomic E-state index is -0.365. The van der Waals surface area contributed by atoms with E-state index in [1.54, 1.807) is 6.20 Å². The number of aromatic nitrogens is 3. The number of nitrogens with two attached hydrogens (primary N) is 1. The van der Waals surface area contributed by atoms with Gasteiger partial charge in [-0.1, -0.05) is 24.3 Å². The highest BCUT2D eigenvalue weighted by Gasteiger charge is 2.19. The normalized spacial score (nSPS) is 12.9. The van der Waals surface area contributed by atoms with Crippen molar-refractivity contribution in [1.82, 2.24) is 15.0 Å². The summed E-state index contributed by atoms with van der Waals surface area (Å²) in [6, 6.07) is 7.52. The van der Waals surface area contributed by atoms with Gasteiger partial charge in [0.25, 0.3) is 0 Å². The summed E-state index contributed by atoms with van der Waals surface area (Å²) in [4.78, 5) is 0. The Labute approximate surface area is 124 Å². The molecule has 0 saturated heterocycles. The van der Waals surface area contributed by atoms with Crippen LogP contribution in [-0.4, -0.2) is 15.0 Å². The predicted octanol–water partition coefficient (Wildman–Crippen LogP) is 3.24. The lowest BCUT2D eigenvalue weighted by Gasteiger charge is -2.10. The van der Waals surface area contributed by atoms with E-state index in [2.05, 4.69) is 33.2 Å². The number of fused-ring (bicyclic) bond motifs is 1. The van der Waals surface area contributed by atoms with Gasteiger partial charge in [-0.2, -0.15) is 0 Å². The molecule has 1 atom stereocenters. The van der Waals surface area contributed by atoms with Crippen molar-refractivity contribution >= 4 is 26.9 Å². The van der Waals surface area contributed by atoms with Crippen molar-refractivity contribution in [1.29, 1.82) is 0 Å². The third-order valence-corrected chi connectivity index (χ3v) is 3.85. The number of benzene rings is 1. The maximum Gasteiger partial charge on any atom is 0.148 e. The second kappa shape index (κ2) is 5.38. The minimum Gasteiger partial charge on any atom is -0.458 e. The number of nitrogens with zero attached hydrogens (tertiary/aromatic N) is 3. The molecule has 1 aromatic carbocycles. The van der Waals surface area contributed by atoms with E-state index in [4.69, 9.17) is 10.2 Å². The van der Waals surface area contributed by atoms with E-state index >= 15 is 0 Å². The second-order valence-electron chi connectivity index (χ2n) is 4.67. The molecule has 6 heteroatoms. The van der Waals surface area contributed by atoms with Crippen molar-refractivity contribution in [2.24, 2.45) is 5.73 Å². The standard InChI is InChI=1S/C14H15BrN4O/c1-2-6-19-11(8-17-18-19)13(16)12-7-9-4-3-5-10(15)14(9)20-12/h3-5,7-8,13H,2,6,16H2,1H3. The predicted molar refractivity (Wildman–Crippen MR) is 80.3 cm³/mol. The number of para-hydroxylation sites is 1. The zero-order chi connectivity index (χ0) is 14.1. The molecule has 0 aliphatic carbocycles. The van der Waals surface area contributed by atoms with Crippen molar-refractivity contribution < 1.29 is 4.42 Å². The Hall–Kier alpha value is -1.66. The van der Waals surface area contributed by atoms with E-state index in [9.17, 15) is 0 Å². The summed E-state index contributed by atoms with van der Waals surface area (Å²) >= 11 is 3.48. The molecular weight excluding hydrogens is 320 g/mol. The summed E-state index contributed by atoms with van der Waals surface area (Å²) in [6.45, 7) is 2.89. The highest BCUT2D eigenvalue weighted by atomic mass is 79.9. The highest BCUT2D eigenvalue weighted by molar-refractivity contribution is 9.10. The number of furan rings is 1. The van der Waals surface area contributed by atoms with Crippen LogP contribution in [0.2, 0.25) is 0 Å². The molecule has 3 rings (SSSR count). The first-order valence-corrected chi connectivity index (χ1v) is 7.32. The maximum absolute atomic E-state index is 6.30. The molecule has 0 aliphatic heterocycles. The van der Waals surface area contributed by atoms with E-state index in [1.165, 1.54) is 0 Å². The Morgan fingerprint density at radius 3 is 3.05 bits per heavy atom. The number of aryl methyl sites for hydroxylation is 1. The van der Waals surface area contributed by atoms with Crippen molar-refractivity contribution in [3.05, 3.63) is 46.4 Å². The largest absolute Gasteiger partial charge is 0.458 e. The molecule has 2 N–H and O–H groups in total.